The summed E-state index contributed by atoms with van der Waals surface area (Å²) < 4.78 is 9.46. The van der Waals surface area contributed by atoms with Crippen molar-refractivity contribution in [3.05, 3.63) is 75.6 Å². The van der Waals surface area contributed by atoms with Crippen molar-refractivity contribution >= 4 is 40.6 Å². The molecule has 3 aromatic rings. The van der Waals surface area contributed by atoms with Crippen molar-refractivity contribution in [3.63, 3.8) is 0 Å². The molecule has 168 valence electrons. The Balaban J connectivity index is 1.78. The van der Waals surface area contributed by atoms with Gasteiger partial charge in [-0.1, -0.05) is 18.2 Å². The van der Waals surface area contributed by atoms with Crippen LogP contribution < -0.4 is 10.2 Å². The number of hydrogen-bond donors (Lipinski definition) is 1. The van der Waals surface area contributed by atoms with E-state index < -0.39 is 16.9 Å². The number of para-hydroxylation sites is 1. The van der Waals surface area contributed by atoms with Gasteiger partial charge in [0.05, 0.1) is 30.3 Å². The molecule has 0 saturated carbocycles. The van der Waals surface area contributed by atoms with Gasteiger partial charge >= 0.3 is 17.6 Å². The van der Waals surface area contributed by atoms with Gasteiger partial charge in [-0.15, -0.1) is 0 Å². The van der Waals surface area contributed by atoms with Gasteiger partial charge in [0.2, 0.25) is 11.6 Å². The van der Waals surface area contributed by atoms with Gasteiger partial charge in [-0.25, -0.2) is 19.6 Å². The van der Waals surface area contributed by atoms with E-state index in [1.165, 1.54) is 38.7 Å². The minimum Gasteiger partial charge on any atom is -0.465 e. The van der Waals surface area contributed by atoms with Gasteiger partial charge in [0.25, 0.3) is 0 Å². The summed E-state index contributed by atoms with van der Waals surface area (Å²) >= 11 is 0. The topological polar surface area (TPSA) is 137 Å². The van der Waals surface area contributed by atoms with E-state index in [0.29, 0.717) is 6.54 Å². The van der Waals surface area contributed by atoms with Crippen molar-refractivity contribution in [1.29, 1.82) is 0 Å². The van der Waals surface area contributed by atoms with Gasteiger partial charge in [0.1, 0.15) is 6.33 Å². The Morgan fingerprint density at radius 1 is 1.06 bits per heavy atom. The lowest BCUT2D eigenvalue weighted by atomic mass is 10.1. The number of anilines is 4. The van der Waals surface area contributed by atoms with Crippen LogP contribution in [0.3, 0.4) is 0 Å². The molecule has 0 bridgehead atoms. The maximum absolute atomic E-state index is 12.1. The third kappa shape index (κ3) is 4.15. The Bertz CT molecular complexity index is 1230. The highest BCUT2D eigenvalue weighted by molar-refractivity contribution is 5.97. The fourth-order valence-electron chi connectivity index (χ4n) is 3.69. The number of carbonyl (C=O) groups is 2. The molecule has 0 aliphatic carbocycles. The average molecular weight is 449 g/mol. The fraction of sp³-hybridized carbons (Fsp3) is 0.182. The van der Waals surface area contributed by atoms with Crippen LogP contribution in [0.1, 0.15) is 26.3 Å². The number of benzene rings is 2. The zero-order valence-electron chi connectivity index (χ0n) is 17.8. The first-order chi connectivity index (χ1) is 15.9. The summed E-state index contributed by atoms with van der Waals surface area (Å²) in [5.74, 6) is -1.32. The number of rotatable bonds is 6. The fourth-order valence-corrected chi connectivity index (χ4v) is 3.69. The largest absolute Gasteiger partial charge is 0.465 e. The molecule has 2 heterocycles. The van der Waals surface area contributed by atoms with Crippen LogP contribution in [0, 0.1) is 10.1 Å². The van der Waals surface area contributed by atoms with E-state index in [2.05, 4.69) is 15.3 Å². The number of carbonyl (C=O) groups excluding carboxylic acids is 2. The first kappa shape index (κ1) is 21.7. The van der Waals surface area contributed by atoms with Crippen LogP contribution >= 0.6 is 0 Å². The van der Waals surface area contributed by atoms with Crippen LogP contribution in [0.2, 0.25) is 0 Å². The summed E-state index contributed by atoms with van der Waals surface area (Å²) in [5, 5.41) is 14.9. The van der Waals surface area contributed by atoms with Crippen molar-refractivity contribution in [2.24, 2.45) is 0 Å². The Hall–Kier alpha value is -4.54. The number of aromatic nitrogens is 2. The molecule has 0 unspecified atom stereocenters. The van der Waals surface area contributed by atoms with Crippen molar-refractivity contribution in [1.82, 2.24) is 9.97 Å². The molecule has 1 aliphatic rings. The van der Waals surface area contributed by atoms with Gasteiger partial charge in [-0.05, 0) is 36.2 Å². The first-order valence-electron chi connectivity index (χ1n) is 9.86. The lowest BCUT2D eigenvalue weighted by molar-refractivity contribution is -0.383. The van der Waals surface area contributed by atoms with Gasteiger partial charge < -0.3 is 19.7 Å². The van der Waals surface area contributed by atoms with E-state index in [4.69, 9.17) is 9.47 Å². The normalized spacial score (nSPS) is 12.1. The molecule has 33 heavy (non-hydrogen) atoms. The molecular weight excluding hydrogens is 430 g/mol. The van der Waals surface area contributed by atoms with Crippen LogP contribution in [0.5, 0.6) is 0 Å². The Morgan fingerprint density at radius 2 is 1.73 bits per heavy atom. The Morgan fingerprint density at radius 3 is 2.36 bits per heavy atom. The molecule has 0 radical (unpaired) electrons. The average Bonchev–Trinajstić information content (AvgIpc) is 3.26. The summed E-state index contributed by atoms with van der Waals surface area (Å²) in [6.45, 7) is 0.529. The lowest BCUT2D eigenvalue weighted by Gasteiger charge is -2.19. The number of methoxy groups -OCH3 is 2. The highest BCUT2D eigenvalue weighted by Gasteiger charge is 2.31. The van der Waals surface area contributed by atoms with Crippen molar-refractivity contribution in [3.8, 4) is 0 Å². The second-order valence-corrected chi connectivity index (χ2v) is 7.09. The van der Waals surface area contributed by atoms with Crippen molar-refractivity contribution in [2.45, 2.75) is 6.42 Å². The molecule has 2 aromatic carbocycles. The molecule has 0 atom stereocenters. The van der Waals surface area contributed by atoms with E-state index in [0.717, 1.165) is 17.7 Å². The van der Waals surface area contributed by atoms with Crippen LogP contribution in [-0.4, -0.2) is 47.6 Å². The van der Waals surface area contributed by atoms with E-state index in [1.807, 2.05) is 24.3 Å². The predicted molar refractivity (Wildman–Crippen MR) is 118 cm³/mol. The lowest BCUT2D eigenvalue weighted by Crippen LogP contribution is -2.17. The maximum atomic E-state index is 12.1. The summed E-state index contributed by atoms with van der Waals surface area (Å²) in [4.78, 5) is 45.6. The summed E-state index contributed by atoms with van der Waals surface area (Å²) in [5.41, 5.74) is 1.91. The highest BCUT2D eigenvalue weighted by atomic mass is 16.6. The summed E-state index contributed by atoms with van der Waals surface area (Å²) in [7, 11) is 2.41. The van der Waals surface area contributed by atoms with Gasteiger partial charge in [-0.2, -0.15) is 0 Å². The van der Waals surface area contributed by atoms with Gasteiger partial charge in [0.15, 0.2) is 0 Å². The summed E-state index contributed by atoms with van der Waals surface area (Å²) in [6.07, 6.45) is 1.95. The predicted octanol–water partition coefficient (Wildman–Crippen LogP) is 3.40. The number of esters is 2. The zero-order valence-corrected chi connectivity index (χ0v) is 17.8. The van der Waals surface area contributed by atoms with Crippen LogP contribution in [0.15, 0.2) is 48.8 Å². The third-order valence-corrected chi connectivity index (χ3v) is 5.17. The number of nitro groups is 1. The van der Waals surface area contributed by atoms with E-state index in [1.54, 1.807) is 4.90 Å². The zero-order chi connectivity index (χ0) is 23.5. The molecule has 1 aliphatic heterocycles. The molecule has 1 aromatic heterocycles. The molecule has 11 nitrogen and oxygen atoms in total. The number of nitrogens with zero attached hydrogens (tertiary/aromatic N) is 4. The molecule has 11 heteroatoms. The maximum Gasteiger partial charge on any atom is 0.354 e. The minimum absolute atomic E-state index is 0.0632. The van der Waals surface area contributed by atoms with Crippen LogP contribution in [0.25, 0.3) is 0 Å². The molecular formula is C22H19N5O6. The molecule has 1 N–H and O–H groups in total. The summed E-state index contributed by atoms with van der Waals surface area (Å²) in [6, 6.07) is 11.7. The second kappa shape index (κ2) is 8.91. The van der Waals surface area contributed by atoms with Crippen LogP contribution in [0.4, 0.5) is 28.7 Å². The molecule has 0 amide bonds. The van der Waals surface area contributed by atoms with Gasteiger partial charge in [0, 0.05) is 17.9 Å². The van der Waals surface area contributed by atoms with Crippen molar-refractivity contribution < 1.29 is 24.0 Å². The van der Waals surface area contributed by atoms with E-state index in [9.17, 15) is 19.7 Å². The highest BCUT2D eigenvalue weighted by Crippen LogP contribution is 2.40. The number of fused-ring (bicyclic) bond motifs is 1. The molecule has 4 rings (SSSR count). The Kier molecular flexibility index (Phi) is 5.85. The number of hydrogen-bond acceptors (Lipinski definition) is 10. The number of nitrogens with one attached hydrogen (secondary N) is 1. The Labute approximate surface area is 188 Å². The quantitative estimate of drug-likeness (QED) is 0.339. The first-order valence-corrected chi connectivity index (χ1v) is 9.86. The molecule has 0 saturated heterocycles. The smallest absolute Gasteiger partial charge is 0.354 e. The SMILES string of the molecule is COC(=O)c1cc(Nc2ncnc(N3CCc4ccccc43)c2[N+](=O)[O-])cc(C(=O)OC)c1. The monoisotopic (exact) mass is 449 g/mol. The molecule has 0 spiro atoms. The van der Waals surface area contributed by atoms with Crippen LogP contribution in [-0.2, 0) is 15.9 Å². The minimum atomic E-state index is -0.685. The van der Waals surface area contributed by atoms with Crippen molar-refractivity contribution in [2.75, 3.05) is 31.0 Å². The number of ether oxygens (including phenoxy) is 2. The van der Waals surface area contributed by atoms with E-state index in [-0.39, 0.29) is 34.1 Å². The second-order valence-electron chi connectivity index (χ2n) is 7.09. The standard InChI is InChI=1S/C22H19N5O6/c1-32-21(28)14-9-15(22(29)33-2)11-16(10-14)25-19-18(27(30)31)20(24-12-23-19)26-8-7-13-5-3-4-6-17(13)26/h3-6,9-12H,7-8H2,1-2H3,(H,23,24,25). The third-order valence-electron chi connectivity index (χ3n) is 5.17. The van der Waals surface area contributed by atoms with Gasteiger partial charge in [-0.3, -0.25) is 10.1 Å². The van der Waals surface area contributed by atoms with E-state index >= 15 is 0 Å². The molecule has 0 fully saturated rings.